The van der Waals surface area contributed by atoms with Crippen molar-refractivity contribution in [1.29, 1.82) is 5.26 Å². The lowest BCUT2D eigenvalue weighted by molar-refractivity contribution is 0.0698. The highest BCUT2D eigenvalue weighted by atomic mass is 16.2. The van der Waals surface area contributed by atoms with Gasteiger partial charge in [0.25, 0.3) is 5.91 Å². The lowest BCUT2D eigenvalue weighted by atomic mass is 10.1. The highest BCUT2D eigenvalue weighted by Gasteiger charge is 2.35. The highest BCUT2D eigenvalue weighted by molar-refractivity contribution is 5.92. The van der Waals surface area contributed by atoms with Crippen molar-refractivity contribution >= 4 is 11.7 Å². The molecule has 118 valence electrons. The van der Waals surface area contributed by atoms with Crippen molar-refractivity contribution in [1.82, 2.24) is 24.6 Å². The first-order valence-electron chi connectivity index (χ1n) is 7.25. The van der Waals surface area contributed by atoms with Crippen LogP contribution in [0.5, 0.6) is 0 Å². The van der Waals surface area contributed by atoms with Crippen LogP contribution < -0.4 is 4.90 Å². The third-order valence-electron chi connectivity index (χ3n) is 4.15. The van der Waals surface area contributed by atoms with E-state index < -0.39 is 0 Å². The summed E-state index contributed by atoms with van der Waals surface area (Å²) in [6, 6.07) is 3.89. The zero-order valence-electron chi connectivity index (χ0n) is 13.3. The number of carbonyl (C=O) groups excluding carboxylic acids is 1. The smallest absolute Gasteiger partial charge is 0.274 e. The highest BCUT2D eigenvalue weighted by Crippen LogP contribution is 2.23. The summed E-state index contributed by atoms with van der Waals surface area (Å²) in [6.07, 6.45) is 3.06. The normalized spacial score (nSPS) is 14.3. The molecule has 0 atom stereocenters. The Bertz CT molecular complexity index is 766. The van der Waals surface area contributed by atoms with E-state index >= 15 is 0 Å². The minimum absolute atomic E-state index is 0.0679. The number of nitriles is 1. The monoisotopic (exact) mass is 311 g/mol. The molecule has 0 unspecified atom stereocenters. The molecule has 1 aliphatic heterocycles. The number of hydrogen-bond donors (Lipinski definition) is 0. The van der Waals surface area contributed by atoms with E-state index in [1.807, 2.05) is 24.9 Å². The number of hydrogen-bond acceptors (Lipinski definition) is 6. The number of likely N-dealkylation sites (N-methyl/N-ethyl adjacent to an activating group) is 1. The molecule has 1 saturated heterocycles. The fourth-order valence-electron chi connectivity index (χ4n) is 2.53. The fourth-order valence-corrected chi connectivity index (χ4v) is 2.53. The maximum atomic E-state index is 12.5. The zero-order valence-corrected chi connectivity index (χ0v) is 13.3. The van der Waals surface area contributed by atoms with Crippen LogP contribution in [0.3, 0.4) is 0 Å². The third-order valence-corrected chi connectivity index (χ3v) is 4.15. The van der Waals surface area contributed by atoms with Gasteiger partial charge in [0.05, 0.1) is 6.04 Å². The van der Waals surface area contributed by atoms with Crippen LogP contribution in [0, 0.1) is 18.3 Å². The van der Waals surface area contributed by atoms with Gasteiger partial charge in [0.15, 0.2) is 17.2 Å². The van der Waals surface area contributed by atoms with Crippen molar-refractivity contribution in [3.8, 4) is 6.07 Å². The Hall–Kier alpha value is -2.95. The average molecular weight is 311 g/mol. The molecule has 8 nitrogen and oxygen atoms in total. The van der Waals surface area contributed by atoms with E-state index in [2.05, 4.69) is 15.1 Å². The van der Waals surface area contributed by atoms with E-state index in [1.165, 1.54) is 6.20 Å². The molecule has 23 heavy (non-hydrogen) atoms. The molecule has 1 aliphatic rings. The van der Waals surface area contributed by atoms with Crippen molar-refractivity contribution < 1.29 is 4.79 Å². The van der Waals surface area contributed by atoms with Gasteiger partial charge in [0, 0.05) is 45.3 Å². The van der Waals surface area contributed by atoms with E-state index in [9.17, 15) is 4.79 Å². The molecule has 2 aromatic rings. The van der Waals surface area contributed by atoms with Gasteiger partial charge in [-0.05, 0) is 13.0 Å². The Morgan fingerprint density at radius 1 is 1.39 bits per heavy atom. The summed E-state index contributed by atoms with van der Waals surface area (Å²) in [5, 5.41) is 13.3. The van der Waals surface area contributed by atoms with Crippen molar-refractivity contribution in [3.63, 3.8) is 0 Å². The molecular formula is C15H17N7O. The molecule has 0 saturated carbocycles. The molecule has 0 spiro atoms. The van der Waals surface area contributed by atoms with Crippen LogP contribution in [0.25, 0.3) is 0 Å². The molecule has 3 heterocycles. The molecule has 3 rings (SSSR count). The van der Waals surface area contributed by atoms with E-state index in [4.69, 9.17) is 5.26 Å². The van der Waals surface area contributed by atoms with Crippen LogP contribution in [0.15, 0.2) is 18.5 Å². The first-order valence-corrected chi connectivity index (χ1v) is 7.25. The fraction of sp³-hybridized carbons (Fsp3) is 0.400. The van der Waals surface area contributed by atoms with Crippen molar-refractivity contribution in [2.45, 2.75) is 13.0 Å². The summed E-state index contributed by atoms with van der Waals surface area (Å²) >= 11 is 0. The van der Waals surface area contributed by atoms with E-state index in [-0.39, 0.29) is 11.9 Å². The minimum Gasteiger partial charge on any atom is -0.350 e. The molecule has 0 radical (unpaired) electrons. The van der Waals surface area contributed by atoms with Gasteiger partial charge in [0.1, 0.15) is 6.07 Å². The van der Waals surface area contributed by atoms with E-state index in [1.54, 1.807) is 28.9 Å². The Morgan fingerprint density at radius 2 is 2.09 bits per heavy atom. The molecule has 0 bridgehead atoms. The first kappa shape index (κ1) is 15.0. The molecule has 1 amide bonds. The molecule has 0 N–H and O–H groups in total. The van der Waals surface area contributed by atoms with Crippen molar-refractivity contribution in [3.05, 3.63) is 35.5 Å². The summed E-state index contributed by atoms with van der Waals surface area (Å²) in [4.78, 5) is 24.3. The molecule has 0 aliphatic carbocycles. The number of nitrogens with zero attached hydrogens (tertiary/aromatic N) is 7. The van der Waals surface area contributed by atoms with Gasteiger partial charge in [-0.25, -0.2) is 9.97 Å². The Balaban J connectivity index is 1.67. The summed E-state index contributed by atoms with van der Waals surface area (Å²) in [5.41, 5.74) is 1.69. The van der Waals surface area contributed by atoms with Crippen LogP contribution in [-0.4, -0.2) is 56.7 Å². The van der Waals surface area contributed by atoms with E-state index in [0.717, 1.165) is 5.69 Å². The summed E-state index contributed by atoms with van der Waals surface area (Å²) in [6.45, 7) is 3.16. The SMILES string of the molecule is Cc1cc(C(=O)N(C)C2CN(c3nccnc3C#N)C2)nn1C. The van der Waals surface area contributed by atoms with Crippen molar-refractivity contribution in [2.24, 2.45) is 7.05 Å². The van der Waals surface area contributed by atoms with Crippen LogP contribution in [-0.2, 0) is 7.05 Å². The second-order valence-electron chi connectivity index (χ2n) is 5.61. The molecule has 8 heteroatoms. The van der Waals surface area contributed by atoms with Crippen LogP contribution in [0.4, 0.5) is 5.82 Å². The van der Waals surface area contributed by atoms with Gasteiger partial charge in [0.2, 0.25) is 0 Å². The van der Waals surface area contributed by atoms with Crippen LogP contribution in [0.2, 0.25) is 0 Å². The molecule has 0 aromatic carbocycles. The largest absolute Gasteiger partial charge is 0.350 e. The molecule has 2 aromatic heterocycles. The standard InChI is InChI=1S/C15H17N7O/c1-10-6-12(19-21(10)3)15(23)20(2)11-8-22(9-11)14-13(7-16)17-4-5-18-14/h4-6,11H,8-9H2,1-3H3. The van der Waals surface area contributed by atoms with Gasteiger partial charge in [-0.15, -0.1) is 0 Å². The van der Waals surface area contributed by atoms with Crippen LogP contribution >= 0.6 is 0 Å². The second kappa shape index (κ2) is 5.68. The lowest BCUT2D eigenvalue weighted by Crippen LogP contribution is -2.60. The van der Waals surface area contributed by atoms with Gasteiger partial charge >= 0.3 is 0 Å². The zero-order chi connectivity index (χ0) is 16.6. The van der Waals surface area contributed by atoms with Crippen molar-refractivity contribution in [2.75, 3.05) is 25.0 Å². The quantitative estimate of drug-likeness (QED) is 0.812. The summed E-state index contributed by atoms with van der Waals surface area (Å²) in [7, 11) is 3.59. The topological polar surface area (TPSA) is 90.9 Å². The van der Waals surface area contributed by atoms with Gasteiger partial charge < -0.3 is 9.80 Å². The Labute approximate surface area is 134 Å². The maximum absolute atomic E-state index is 12.5. The predicted octanol–water partition coefficient (Wildman–Crippen LogP) is 0.351. The number of rotatable bonds is 3. The predicted molar refractivity (Wildman–Crippen MR) is 82.8 cm³/mol. The second-order valence-corrected chi connectivity index (χ2v) is 5.61. The Morgan fingerprint density at radius 3 is 2.70 bits per heavy atom. The number of anilines is 1. The third kappa shape index (κ3) is 2.61. The van der Waals surface area contributed by atoms with E-state index in [0.29, 0.717) is 30.3 Å². The maximum Gasteiger partial charge on any atom is 0.274 e. The average Bonchev–Trinajstić information content (AvgIpc) is 2.85. The number of aryl methyl sites for hydroxylation is 2. The summed E-state index contributed by atoms with van der Waals surface area (Å²) in [5.74, 6) is 0.471. The Kier molecular flexibility index (Phi) is 3.70. The molecule has 1 fully saturated rings. The molecular weight excluding hydrogens is 294 g/mol. The van der Waals surface area contributed by atoms with Gasteiger partial charge in [-0.1, -0.05) is 0 Å². The number of aromatic nitrogens is 4. The first-order chi connectivity index (χ1) is 11.0. The minimum atomic E-state index is -0.0991. The van der Waals surface area contributed by atoms with Crippen LogP contribution in [0.1, 0.15) is 21.9 Å². The lowest BCUT2D eigenvalue weighted by Gasteiger charge is -2.44. The number of amides is 1. The number of carbonyl (C=O) groups is 1. The van der Waals surface area contributed by atoms with Gasteiger partial charge in [-0.2, -0.15) is 10.4 Å². The summed E-state index contributed by atoms with van der Waals surface area (Å²) < 4.78 is 1.69. The van der Waals surface area contributed by atoms with Gasteiger partial charge in [-0.3, -0.25) is 9.48 Å².